The second-order valence-corrected chi connectivity index (χ2v) is 3.42. The number of allylic oxidation sites excluding steroid dienone is 1. The summed E-state index contributed by atoms with van der Waals surface area (Å²) in [7, 11) is 5.90. The molecule has 0 heterocycles. The first-order chi connectivity index (χ1) is 6.07. The van der Waals surface area contributed by atoms with Gasteiger partial charge in [-0.1, -0.05) is 6.08 Å². The molecule has 13 heavy (non-hydrogen) atoms. The molecular weight excluding hydrogens is 164 g/mol. The molecule has 3 nitrogen and oxygen atoms in total. The molecule has 0 saturated heterocycles. The van der Waals surface area contributed by atoms with E-state index in [2.05, 4.69) is 4.90 Å². The Bertz CT molecular complexity index is 176. The van der Waals surface area contributed by atoms with Gasteiger partial charge < -0.3 is 9.80 Å². The number of rotatable bonds is 5. The average Bonchev–Trinajstić information content (AvgIpc) is 2.04. The summed E-state index contributed by atoms with van der Waals surface area (Å²) in [4.78, 5) is 15.1. The van der Waals surface area contributed by atoms with Gasteiger partial charge in [0.1, 0.15) is 0 Å². The molecule has 0 aliphatic rings. The van der Waals surface area contributed by atoms with Gasteiger partial charge in [-0.15, -0.1) is 0 Å². The zero-order valence-corrected chi connectivity index (χ0v) is 9.08. The Kier molecular flexibility index (Phi) is 6.24. The third-order valence-corrected chi connectivity index (χ3v) is 1.78. The van der Waals surface area contributed by atoms with Crippen LogP contribution in [0.1, 0.15) is 13.3 Å². The van der Waals surface area contributed by atoms with Crippen LogP contribution in [0.5, 0.6) is 0 Å². The number of carbonyl (C=O) groups is 1. The highest BCUT2D eigenvalue weighted by atomic mass is 16.2. The summed E-state index contributed by atoms with van der Waals surface area (Å²) in [5, 5.41) is 0. The summed E-state index contributed by atoms with van der Waals surface area (Å²) < 4.78 is 0. The van der Waals surface area contributed by atoms with Crippen molar-refractivity contribution in [2.24, 2.45) is 0 Å². The van der Waals surface area contributed by atoms with Crippen molar-refractivity contribution in [1.29, 1.82) is 0 Å². The molecule has 0 bridgehead atoms. The summed E-state index contributed by atoms with van der Waals surface area (Å²) in [5.41, 5.74) is 0. The quantitative estimate of drug-likeness (QED) is 0.594. The lowest BCUT2D eigenvalue weighted by molar-refractivity contribution is -0.124. The van der Waals surface area contributed by atoms with Crippen LogP contribution in [0.15, 0.2) is 12.2 Å². The van der Waals surface area contributed by atoms with Crippen LogP contribution < -0.4 is 0 Å². The van der Waals surface area contributed by atoms with E-state index in [0.717, 1.165) is 19.5 Å². The van der Waals surface area contributed by atoms with Gasteiger partial charge in [-0.25, -0.2) is 0 Å². The molecule has 1 amide bonds. The normalized spacial score (nSPS) is 11.2. The maximum absolute atomic E-state index is 11.2. The van der Waals surface area contributed by atoms with E-state index in [1.807, 2.05) is 28.1 Å². The Morgan fingerprint density at radius 3 is 2.31 bits per heavy atom. The lowest BCUT2D eigenvalue weighted by Crippen LogP contribution is -2.28. The van der Waals surface area contributed by atoms with Crippen LogP contribution in [0.25, 0.3) is 0 Å². The van der Waals surface area contributed by atoms with Crippen molar-refractivity contribution in [3.05, 3.63) is 12.2 Å². The lowest BCUT2D eigenvalue weighted by atomic mass is 10.3. The molecule has 0 saturated carbocycles. The first-order valence-electron chi connectivity index (χ1n) is 4.60. The van der Waals surface area contributed by atoms with Gasteiger partial charge in [0, 0.05) is 13.6 Å². The molecule has 0 aliphatic carbocycles. The van der Waals surface area contributed by atoms with Crippen molar-refractivity contribution in [3.8, 4) is 0 Å². The van der Waals surface area contributed by atoms with E-state index in [-0.39, 0.29) is 5.91 Å². The summed E-state index contributed by atoms with van der Waals surface area (Å²) in [6.45, 7) is 3.69. The van der Waals surface area contributed by atoms with Crippen LogP contribution >= 0.6 is 0 Å². The Hall–Kier alpha value is -0.830. The molecule has 3 heteroatoms. The smallest absolute Gasteiger partial charge is 0.245 e. The van der Waals surface area contributed by atoms with E-state index in [1.54, 1.807) is 17.1 Å². The third-order valence-electron chi connectivity index (χ3n) is 1.78. The predicted molar refractivity (Wildman–Crippen MR) is 55.6 cm³/mol. The highest BCUT2D eigenvalue weighted by Gasteiger charge is 2.03. The van der Waals surface area contributed by atoms with Crippen molar-refractivity contribution >= 4 is 5.91 Å². The van der Waals surface area contributed by atoms with Gasteiger partial charge in [0.15, 0.2) is 0 Å². The second kappa shape index (κ2) is 6.66. The molecule has 0 N–H and O–H groups in total. The van der Waals surface area contributed by atoms with E-state index < -0.39 is 0 Å². The number of amides is 1. The van der Waals surface area contributed by atoms with Crippen LogP contribution in [-0.4, -0.2) is 49.9 Å². The third kappa shape index (κ3) is 6.34. The van der Waals surface area contributed by atoms with Gasteiger partial charge in [0.05, 0.1) is 0 Å². The second-order valence-electron chi connectivity index (χ2n) is 3.42. The Morgan fingerprint density at radius 2 is 1.85 bits per heavy atom. The van der Waals surface area contributed by atoms with E-state index in [4.69, 9.17) is 0 Å². The molecular formula is C10H20N2O. The van der Waals surface area contributed by atoms with E-state index in [1.165, 1.54) is 0 Å². The summed E-state index contributed by atoms with van der Waals surface area (Å²) in [6, 6.07) is 0. The molecule has 0 spiro atoms. The summed E-state index contributed by atoms with van der Waals surface area (Å²) in [6.07, 6.45) is 4.38. The molecule has 0 aromatic carbocycles. The summed E-state index contributed by atoms with van der Waals surface area (Å²) in [5.74, 6) is 0.0845. The molecule has 0 fully saturated rings. The van der Waals surface area contributed by atoms with Gasteiger partial charge in [0.25, 0.3) is 0 Å². The fourth-order valence-corrected chi connectivity index (χ4v) is 1.00. The molecule has 76 valence electrons. The van der Waals surface area contributed by atoms with E-state index >= 15 is 0 Å². The van der Waals surface area contributed by atoms with Crippen molar-refractivity contribution in [2.75, 3.05) is 34.2 Å². The van der Waals surface area contributed by atoms with Crippen molar-refractivity contribution < 1.29 is 4.79 Å². The minimum atomic E-state index is 0.0845. The van der Waals surface area contributed by atoms with Gasteiger partial charge in [-0.2, -0.15) is 0 Å². The summed E-state index contributed by atoms with van der Waals surface area (Å²) >= 11 is 0. The van der Waals surface area contributed by atoms with Crippen LogP contribution in [0, 0.1) is 0 Å². The largest absolute Gasteiger partial charge is 0.342 e. The number of hydrogen-bond donors (Lipinski definition) is 0. The van der Waals surface area contributed by atoms with Crippen LogP contribution in [0.2, 0.25) is 0 Å². The van der Waals surface area contributed by atoms with Gasteiger partial charge in [0.2, 0.25) is 5.91 Å². The Labute approximate surface area is 81.0 Å². The van der Waals surface area contributed by atoms with Gasteiger partial charge in [-0.05, 0) is 40.1 Å². The van der Waals surface area contributed by atoms with Gasteiger partial charge >= 0.3 is 0 Å². The number of nitrogens with zero attached hydrogens (tertiary/aromatic N) is 2. The van der Waals surface area contributed by atoms with Crippen molar-refractivity contribution in [1.82, 2.24) is 9.80 Å². The van der Waals surface area contributed by atoms with Crippen LogP contribution in [0.4, 0.5) is 0 Å². The highest BCUT2D eigenvalue weighted by Crippen LogP contribution is 1.91. The minimum Gasteiger partial charge on any atom is -0.342 e. The zero-order valence-electron chi connectivity index (χ0n) is 9.08. The predicted octanol–water partition coefficient (Wildman–Crippen LogP) is 0.973. The van der Waals surface area contributed by atoms with Crippen LogP contribution in [0.3, 0.4) is 0 Å². The first kappa shape index (κ1) is 12.2. The standard InChI is InChI=1S/C10H20N2O/c1-5-7-10(13)12(4)9-6-8-11(2)3/h5,7H,6,8-9H2,1-4H3/b7-5+. The highest BCUT2D eigenvalue weighted by molar-refractivity contribution is 5.87. The van der Waals surface area contributed by atoms with E-state index in [9.17, 15) is 4.79 Å². The molecule has 0 atom stereocenters. The molecule has 0 aliphatic heterocycles. The monoisotopic (exact) mass is 184 g/mol. The zero-order chi connectivity index (χ0) is 10.3. The van der Waals surface area contributed by atoms with Gasteiger partial charge in [-0.3, -0.25) is 4.79 Å². The van der Waals surface area contributed by atoms with Crippen LogP contribution in [-0.2, 0) is 4.79 Å². The molecule has 0 rings (SSSR count). The fraction of sp³-hybridized carbons (Fsp3) is 0.700. The maximum Gasteiger partial charge on any atom is 0.245 e. The van der Waals surface area contributed by atoms with E-state index in [0.29, 0.717) is 0 Å². The first-order valence-corrected chi connectivity index (χ1v) is 4.60. The Balaban J connectivity index is 3.61. The maximum atomic E-state index is 11.2. The fourth-order valence-electron chi connectivity index (χ4n) is 1.00. The Morgan fingerprint density at radius 1 is 1.23 bits per heavy atom. The number of carbonyl (C=O) groups excluding carboxylic acids is 1. The van der Waals surface area contributed by atoms with Crippen molar-refractivity contribution in [3.63, 3.8) is 0 Å². The average molecular weight is 184 g/mol. The molecule has 0 aromatic rings. The topological polar surface area (TPSA) is 23.6 Å². The molecule has 0 radical (unpaired) electrons. The SMILES string of the molecule is C/C=C/C(=O)N(C)CCCN(C)C. The minimum absolute atomic E-state index is 0.0845. The number of hydrogen-bond acceptors (Lipinski definition) is 2. The lowest BCUT2D eigenvalue weighted by Gasteiger charge is -2.16. The van der Waals surface area contributed by atoms with Crippen molar-refractivity contribution in [2.45, 2.75) is 13.3 Å². The molecule has 0 aromatic heterocycles. The number of likely N-dealkylation sites (N-methyl/N-ethyl adjacent to an activating group) is 1. The molecule has 0 unspecified atom stereocenters.